The molecule has 3 nitrogen and oxygen atoms in total. The summed E-state index contributed by atoms with van der Waals surface area (Å²) in [6.45, 7) is 4.79. The Balaban J connectivity index is 2.69. The predicted molar refractivity (Wildman–Crippen MR) is 90.7 cm³/mol. The van der Waals surface area contributed by atoms with E-state index in [1.807, 2.05) is 19.1 Å². The van der Waals surface area contributed by atoms with Crippen molar-refractivity contribution >= 4 is 60.7 Å². The number of carbonyl (C=O) groups excluding carboxylic acids is 1. The summed E-state index contributed by atoms with van der Waals surface area (Å²) in [7, 11) is 0. The van der Waals surface area contributed by atoms with Crippen LogP contribution in [0.1, 0.15) is 25.3 Å². The minimum absolute atomic E-state index is 0.216. The Morgan fingerprint density at radius 2 is 1.89 bits per heavy atom. The number of anilines is 1. The van der Waals surface area contributed by atoms with E-state index in [0.29, 0.717) is 5.69 Å². The molecule has 2 N–H and O–H groups in total. The van der Waals surface area contributed by atoms with Gasteiger partial charge in [-0.1, -0.05) is 25.6 Å². The van der Waals surface area contributed by atoms with Crippen molar-refractivity contribution in [1.82, 2.24) is 5.32 Å². The molecule has 0 heterocycles. The number of benzene rings is 1. The maximum Gasteiger partial charge on any atom is 0.283 e. The van der Waals surface area contributed by atoms with Crippen molar-refractivity contribution in [3.63, 3.8) is 0 Å². The Morgan fingerprint density at radius 1 is 1.32 bits per heavy atom. The second kappa shape index (κ2) is 7.97. The monoisotopic (exact) mass is 406 g/mol. The smallest absolute Gasteiger partial charge is 0.283 e. The highest BCUT2D eigenvalue weighted by atomic mass is 79.9. The van der Waals surface area contributed by atoms with Gasteiger partial charge in [0.15, 0.2) is 4.99 Å². The fourth-order valence-electron chi connectivity index (χ4n) is 1.45. The van der Waals surface area contributed by atoms with Crippen molar-refractivity contribution in [2.45, 2.75) is 26.7 Å². The minimum atomic E-state index is -0.295. The van der Waals surface area contributed by atoms with Crippen molar-refractivity contribution in [2.24, 2.45) is 0 Å². The van der Waals surface area contributed by atoms with Crippen molar-refractivity contribution < 1.29 is 4.79 Å². The molecule has 1 rings (SSSR count). The summed E-state index contributed by atoms with van der Waals surface area (Å²) in [5.41, 5.74) is 1.79. The first-order chi connectivity index (χ1) is 8.95. The Bertz CT molecular complexity index is 469. The van der Waals surface area contributed by atoms with Gasteiger partial charge in [-0.3, -0.25) is 4.79 Å². The van der Waals surface area contributed by atoms with E-state index in [0.717, 1.165) is 33.9 Å². The Morgan fingerprint density at radius 3 is 2.42 bits per heavy atom. The van der Waals surface area contributed by atoms with Crippen LogP contribution >= 0.6 is 44.1 Å². The van der Waals surface area contributed by atoms with E-state index in [-0.39, 0.29) is 10.9 Å². The molecule has 0 saturated heterocycles. The summed E-state index contributed by atoms with van der Waals surface area (Å²) in [4.78, 5) is 12.2. The van der Waals surface area contributed by atoms with Gasteiger partial charge in [0, 0.05) is 15.5 Å². The zero-order valence-corrected chi connectivity index (χ0v) is 14.8. The van der Waals surface area contributed by atoms with Gasteiger partial charge in [-0.05, 0) is 62.9 Å². The molecule has 0 unspecified atom stereocenters. The number of rotatable bonds is 4. The summed E-state index contributed by atoms with van der Waals surface area (Å²) < 4.78 is 1.65. The van der Waals surface area contributed by atoms with Crippen LogP contribution in [-0.2, 0) is 4.79 Å². The van der Waals surface area contributed by atoms with Crippen LogP contribution in [0.3, 0.4) is 0 Å². The van der Waals surface area contributed by atoms with E-state index >= 15 is 0 Å². The normalized spacial score (nSPS) is 10.1. The highest BCUT2D eigenvalue weighted by Gasteiger charge is 2.13. The number of unbranched alkanes of at least 4 members (excludes halogenated alkanes) is 1. The van der Waals surface area contributed by atoms with Crippen LogP contribution < -0.4 is 10.6 Å². The molecule has 6 heteroatoms. The van der Waals surface area contributed by atoms with Crippen molar-refractivity contribution in [3.05, 3.63) is 26.6 Å². The molecule has 0 aliphatic carbocycles. The molecule has 1 aromatic carbocycles. The Hall–Kier alpha value is -0.460. The van der Waals surface area contributed by atoms with Crippen LogP contribution in [0.25, 0.3) is 0 Å². The van der Waals surface area contributed by atoms with Crippen LogP contribution in [0.2, 0.25) is 0 Å². The number of aryl methyl sites for hydroxylation is 1. The number of thiocarbonyl (C=S) groups is 1. The molecule has 0 fully saturated rings. The molecule has 1 aromatic rings. The zero-order valence-electron chi connectivity index (χ0n) is 10.8. The Kier molecular flexibility index (Phi) is 6.96. The first-order valence-corrected chi connectivity index (χ1v) is 8.00. The lowest BCUT2D eigenvalue weighted by Crippen LogP contribution is -2.34. The van der Waals surface area contributed by atoms with E-state index in [4.69, 9.17) is 12.2 Å². The summed E-state index contributed by atoms with van der Waals surface area (Å²) in [6, 6.07) is 3.88. The van der Waals surface area contributed by atoms with Gasteiger partial charge in [-0.2, -0.15) is 0 Å². The van der Waals surface area contributed by atoms with Crippen LogP contribution in [0.15, 0.2) is 21.1 Å². The van der Waals surface area contributed by atoms with E-state index in [1.165, 1.54) is 0 Å². The lowest BCUT2D eigenvalue weighted by molar-refractivity contribution is -0.110. The quantitative estimate of drug-likeness (QED) is 0.581. The van der Waals surface area contributed by atoms with Gasteiger partial charge in [-0.25, -0.2) is 0 Å². The largest absolute Gasteiger partial charge is 0.372 e. The van der Waals surface area contributed by atoms with E-state index in [1.54, 1.807) is 0 Å². The molecule has 104 valence electrons. The van der Waals surface area contributed by atoms with Gasteiger partial charge >= 0.3 is 0 Å². The fourth-order valence-corrected chi connectivity index (χ4v) is 3.22. The second-order valence-corrected chi connectivity index (χ2v) is 6.28. The third-order valence-electron chi connectivity index (χ3n) is 2.45. The van der Waals surface area contributed by atoms with E-state index < -0.39 is 0 Å². The maximum atomic E-state index is 11.9. The first-order valence-electron chi connectivity index (χ1n) is 6.00. The second-order valence-electron chi connectivity index (χ2n) is 4.17. The summed E-state index contributed by atoms with van der Waals surface area (Å²) in [6.07, 6.45) is 2.05. The molecule has 0 bridgehead atoms. The molecule has 0 aliphatic rings. The zero-order chi connectivity index (χ0) is 14.4. The third-order valence-corrected chi connectivity index (χ3v) is 4.03. The van der Waals surface area contributed by atoms with Gasteiger partial charge in [0.1, 0.15) is 0 Å². The van der Waals surface area contributed by atoms with Gasteiger partial charge in [0.25, 0.3) is 5.91 Å². The molecule has 0 atom stereocenters. The first kappa shape index (κ1) is 16.6. The van der Waals surface area contributed by atoms with Gasteiger partial charge in [0.05, 0.1) is 5.69 Å². The fraction of sp³-hybridized carbons (Fsp3) is 0.385. The lowest BCUT2D eigenvalue weighted by Gasteiger charge is -2.12. The highest BCUT2D eigenvalue weighted by Crippen LogP contribution is 2.32. The Labute approximate surface area is 135 Å². The van der Waals surface area contributed by atoms with Crippen molar-refractivity contribution in [2.75, 3.05) is 11.9 Å². The van der Waals surface area contributed by atoms with Crippen LogP contribution in [0, 0.1) is 6.92 Å². The van der Waals surface area contributed by atoms with E-state index in [2.05, 4.69) is 49.4 Å². The lowest BCUT2D eigenvalue weighted by atomic mass is 10.2. The summed E-state index contributed by atoms with van der Waals surface area (Å²) >= 11 is 11.9. The predicted octanol–water partition coefficient (Wildman–Crippen LogP) is 4.18. The number of carbonyl (C=O) groups is 1. The number of amides is 1. The number of hydrogen-bond acceptors (Lipinski definition) is 2. The maximum absolute atomic E-state index is 11.9. The van der Waals surface area contributed by atoms with Gasteiger partial charge in [-0.15, -0.1) is 0 Å². The third kappa shape index (κ3) is 5.20. The molecule has 0 aliphatic heterocycles. The SMILES string of the molecule is CCCCNC(=S)C(=O)Nc1c(Br)cc(C)cc1Br. The van der Waals surface area contributed by atoms with Crippen molar-refractivity contribution in [3.8, 4) is 0 Å². The summed E-state index contributed by atoms with van der Waals surface area (Å²) in [5, 5.41) is 5.74. The molecule has 19 heavy (non-hydrogen) atoms. The number of nitrogens with one attached hydrogen (secondary N) is 2. The van der Waals surface area contributed by atoms with Crippen LogP contribution in [0.4, 0.5) is 5.69 Å². The molecular formula is C13H16Br2N2OS. The molecule has 1 amide bonds. The van der Waals surface area contributed by atoms with Gasteiger partial charge in [0.2, 0.25) is 0 Å². The summed E-state index contributed by atoms with van der Waals surface area (Å²) in [5.74, 6) is -0.295. The molecule has 0 saturated carbocycles. The average Bonchev–Trinajstić information content (AvgIpc) is 2.33. The number of halogens is 2. The molecule has 0 radical (unpaired) electrons. The molecule has 0 aromatic heterocycles. The minimum Gasteiger partial charge on any atom is -0.372 e. The van der Waals surface area contributed by atoms with Crippen LogP contribution in [-0.4, -0.2) is 17.4 Å². The van der Waals surface area contributed by atoms with Crippen molar-refractivity contribution in [1.29, 1.82) is 0 Å². The topological polar surface area (TPSA) is 41.1 Å². The van der Waals surface area contributed by atoms with Gasteiger partial charge < -0.3 is 10.6 Å². The molecule has 0 spiro atoms. The average molecular weight is 408 g/mol. The standard InChI is InChI=1S/C13H16Br2N2OS/c1-3-4-5-16-13(19)12(18)17-11-9(14)6-8(2)7-10(11)15/h6-7H,3-5H2,1-2H3,(H,16,19)(H,17,18). The van der Waals surface area contributed by atoms with Crippen LogP contribution in [0.5, 0.6) is 0 Å². The number of hydrogen-bond donors (Lipinski definition) is 2. The van der Waals surface area contributed by atoms with E-state index in [9.17, 15) is 4.79 Å². The molecular weight excluding hydrogens is 392 g/mol. The highest BCUT2D eigenvalue weighted by molar-refractivity contribution is 9.11.